The number of carbonyl (C=O) groups excluding carboxylic acids is 2. The van der Waals surface area contributed by atoms with Gasteiger partial charge in [0.2, 0.25) is 5.91 Å². The molecule has 0 saturated carbocycles. The number of amides is 2. The van der Waals surface area contributed by atoms with Gasteiger partial charge in [-0.05, 0) is 38.8 Å². The Kier molecular flexibility index (Phi) is 6.35. The molecule has 1 atom stereocenters. The number of rotatable bonds is 5. The number of nitrogens with one attached hydrogen (secondary N) is 2. The number of aromatic amines is 1. The predicted molar refractivity (Wildman–Crippen MR) is 112 cm³/mol. The summed E-state index contributed by atoms with van der Waals surface area (Å²) in [4.78, 5) is 29.6. The average molecular weight is 415 g/mol. The molecule has 2 N–H and O–H groups in total. The fourth-order valence-corrected chi connectivity index (χ4v) is 4.70. The first kappa shape index (κ1) is 21.0. The van der Waals surface area contributed by atoms with Gasteiger partial charge in [0.05, 0.1) is 29.6 Å². The Bertz CT molecular complexity index is 955. The maximum Gasteiger partial charge on any atom is 0.256 e. The van der Waals surface area contributed by atoms with Crippen molar-refractivity contribution in [2.45, 2.75) is 32.6 Å². The van der Waals surface area contributed by atoms with Gasteiger partial charge in [0.25, 0.3) is 5.91 Å². The van der Waals surface area contributed by atoms with Crippen LogP contribution in [0.5, 0.6) is 0 Å². The van der Waals surface area contributed by atoms with E-state index in [-0.39, 0.29) is 24.3 Å². The lowest BCUT2D eigenvalue weighted by Crippen LogP contribution is -2.40. The standard InChI is InChI=1S/C20H26N6O2S/c1-12-13(2)29-19(15(12)8-21)23-17(27)11-26-7-5-6-14(10-26)18-16(9-22-24-18)20(28)25(3)4/h9,14H,5-7,10-11H2,1-4H3,(H,22,24)(H,23,27)/t14-/m0/s1. The number of aryl methyl sites for hydroxylation is 1. The van der Waals surface area contributed by atoms with Crippen LogP contribution in [-0.2, 0) is 4.79 Å². The van der Waals surface area contributed by atoms with Gasteiger partial charge in [0.1, 0.15) is 11.1 Å². The van der Waals surface area contributed by atoms with Crippen LogP contribution < -0.4 is 5.32 Å². The largest absolute Gasteiger partial charge is 0.345 e. The van der Waals surface area contributed by atoms with Crippen LogP contribution in [0.25, 0.3) is 0 Å². The molecule has 29 heavy (non-hydrogen) atoms. The zero-order valence-electron chi connectivity index (χ0n) is 17.2. The predicted octanol–water partition coefficient (Wildman–Crippen LogP) is 2.48. The van der Waals surface area contributed by atoms with E-state index in [1.165, 1.54) is 11.3 Å². The molecule has 3 heterocycles. The molecule has 1 fully saturated rings. The van der Waals surface area contributed by atoms with Gasteiger partial charge >= 0.3 is 0 Å². The Hall–Kier alpha value is -2.70. The molecule has 1 saturated heterocycles. The van der Waals surface area contributed by atoms with Gasteiger partial charge in [-0.3, -0.25) is 19.6 Å². The van der Waals surface area contributed by atoms with Gasteiger partial charge in [-0.15, -0.1) is 11.3 Å². The zero-order valence-corrected chi connectivity index (χ0v) is 18.0. The lowest BCUT2D eigenvalue weighted by atomic mass is 9.92. The third-order valence-corrected chi connectivity index (χ3v) is 6.46. The van der Waals surface area contributed by atoms with E-state index in [2.05, 4.69) is 26.5 Å². The lowest BCUT2D eigenvalue weighted by molar-refractivity contribution is -0.117. The third kappa shape index (κ3) is 4.49. The molecular weight excluding hydrogens is 388 g/mol. The van der Waals surface area contributed by atoms with Crippen molar-refractivity contribution in [2.75, 3.05) is 39.0 Å². The minimum atomic E-state index is -0.127. The highest BCUT2D eigenvalue weighted by molar-refractivity contribution is 7.16. The van der Waals surface area contributed by atoms with Gasteiger partial charge < -0.3 is 10.2 Å². The Balaban J connectivity index is 1.66. The number of nitriles is 1. The van der Waals surface area contributed by atoms with Gasteiger partial charge in [-0.1, -0.05) is 0 Å². The summed E-state index contributed by atoms with van der Waals surface area (Å²) in [6, 6.07) is 2.18. The molecule has 1 aliphatic heterocycles. The van der Waals surface area contributed by atoms with Crippen LogP contribution >= 0.6 is 11.3 Å². The quantitative estimate of drug-likeness (QED) is 0.782. The molecule has 1 aliphatic rings. The molecule has 0 bridgehead atoms. The van der Waals surface area contributed by atoms with Crippen molar-refractivity contribution in [3.63, 3.8) is 0 Å². The van der Waals surface area contributed by atoms with E-state index >= 15 is 0 Å². The number of carbonyl (C=O) groups is 2. The van der Waals surface area contributed by atoms with Crippen molar-refractivity contribution in [3.05, 3.63) is 33.5 Å². The molecule has 2 aromatic rings. The molecule has 2 aromatic heterocycles. The summed E-state index contributed by atoms with van der Waals surface area (Å²) in [6.07, 6.45) is 3.46. The van der Waals surface area contributed by atoms with Crippen molar-refractivity contribution in [2.24, 2.45) is 0 Å². The highest BCUT2D eigenvalue weighted by Crippen LogP contribution is 2.32. The molecule has 3 rings (SSSR count). The van der Waals surface area contributed by atoms with Crippen LogP contribution in [0.15, 0.2) is 6.20 Å². The van der Waals surface area contributed by atoms with Crippen LogP contribution in [-0.4, -0.2) is 65.5 Å². The van der Waals surface area contributed by atoms with Crippen LogP contribution in [0.2, 0.25) is 0 Å². The summed E-state index contributed by atoms with van der Waals surface area (Å²) in [5.41, 5.74) is 2.89. The summed E-state index contributed by atoms with van der Waals surface area (Å²) in [6.45, 7) is 5.59. The van der Waals surface area contributed by atoms with Crippen molar-refractivity contribution >= 4 is 28.2 Å². The second kappa shape index (κ2) is 8.76. The molecule has 0 aromatic carbocycles. The molecular formula is C20H26N6O2S. The number of hydrogen-bond acceptors (Lipinski definition) is 6. The Labute approximate surface area is 174 Å². The van der Waals surface area contributed by atoms with Crippen LogP contribution in [0.3, 0.4) is 0 Å². The van der Waals surface area contributed by atoms with E-state index in [1.807, 2.05) is 13.8 Å². The number of piperidine rings is 1. The number of hydrogen-bond donors (Lipinski definition) is 2. The first-order valence-corrected chi connectivity index (χ1v) is 10.4. The number of H-pyrrole nitrogens is 1. The van der Waals surface area contributed by atoms with Crippen molar-refractivity contribution < 1.29 is 9.59 Å². The lowest BCUT2D eigenvalue weighted by Gasteiger charge is -2.32. The highest BCUT2D eigenvalue weighted by atomic mass is 32.1. The molecule has 0 radical (unpaired) electrons. The maximum absolute atomic E-state index is 12.6. The summed E-state index contributed by atoms with van der Waals surface area (Å²) in [7, 11) is 3.44. The van der Waals surface area contributed by atoms with E-state index in [0.29, 0.717) is 22.7 Å². The monoisotopic (exact) mass is 414 g/mol. The van der Waals surface area contributed by atoms with Crippen LogP contribution in [0.1, 0.15) is 50.8 Å². The van der Waals surface area contributed by atoms with Gasteiger partial charge in [0.15, 0.2) is 0 Å². The van der Waals surface area contributed by atoms with E-state index in [4.69, 9.17) is 0 Å². The summed E-state index contributed by atoms with van der Waals surface area (Å²) >= 11 is 1.43. The zero-order chi connectivity index (χ0) is 21.1. The topological polar surface area (TPSA) is 105 Å². The molecule has 9 heteroatoms. The molecule has 0 unspecified atom stereocenters. The molecule has 8 nitrogen and oxygen atoms in total. The minimum absolute atomic E-state index is 0.0731. The first-order chi connectivity index (χ1) is 13.8. The first-order valence-electron chi connectivity index (χ1n) is 9.59. The number of anilines is 1. The van der Waals surface area contributed by atoms with Crippen molar-refractivity contribution in [3.8, 4) is 6.07 Å². The van der Waals surface area contributed by atoms with E-state index < -0.39 is 0 Å². The van der Waals surface area contributed by atoms with Gasteiger partial charge in [0, 0.05) is 31.4 Å². The Morgan fingerprint density at radius 2 is 2.21 bits per heavy atom. The van der Waals surface area contributed by atoms with E-state index in [1.54, 1.807) is 25.2 Å². The Morgan fingerprint density at radius 1 is 1.45 bits per heavy atom. The summed E-state index contributed by atoms with van der Waals surface area (Å²) < 4.78 is 0. The van der Waals surface area contributed by atoms with Crippen LogP contribution in [0.4, 0.5) is 5.00 Å². The second-order valence-corrected chi connectivity index (χ2v) is 8.84. The summed E-state index contributed by atoms with van der Waals surface area (Å²) in [5.74, 6) is -0.0764. The third-order valence-electron chi connectivity index (χ3n) is 5.34. The minimum Gasteiger partial charge on any atom is -0.345 e. The smallest absolute Gasteiger partial charge is 0.256 e. The van der Waals surface area contributed by atoms with Crippen LogP contribution in [0, 0.1) is 25.2 Å². The van der Waals surface area contributed by atoms with E-state index in [0.717, 1.165) is 35.5 Å². The normalized spacial score (nSPS) is 17.0. The highest BCUT2D eigenvalue weighted by Gasteiger charge is 2.28. The van der Waals surface area contributed by atoms with Gasteiger partial charge in [-0.2, -0.15) is 10.4 Å². The fourth-order valence-electron chi connectivity index (χ4n) is 3.67. The fraction of sp³-hybridized carbons (Fsp3) is 0.500. The number of aromatic nitrogens is 2. The second-order valence-electron chi connectivity index (χ2n) is 7.62. The molecule has 0 aliphatic carbocycles. The van der Waals surface area contributed by atoms with Gasteiger partial charge in [-0.25, -0.2) is 0 Å². The average Bonchev–Trinajstić information content (AvgIpc) is 3.26. The van der Waals surface area contributed by atoms with Crippen molar-refractivity contribution in [1.29, 1.82) is 5.26 Å². The SMILES string of the molecule is Cc1sc(NC(=O)CN2CCC[C@H](c3[nH]ncc3C(=O)N(C)C)C2)c(C#N)c1C. The Morgan fingerprint density at radius 3 is 2.90 bits per heavy atom. The number of thiophene rings is 1. The van der Waals surface area contributed by atoms with Crippen molar-refractivity contribution in [1.82, 2.24) is 20.0 Å². The molecule has 0 spiro atoms. The summed E-state index contributed by atoms with van der Waals surface area (Å²) in [5, 5.41) is 19.9. The maximum atomic E-state index is 12.6. The number of nitrogens with zero attached hydrogens (tertiary/aromatic N) is 4. The molecule has 154 valence electrons. The number of likely N-dealkylation sites (tertiary alicyclic amines) is 1. The van der Waals surface area contributed by atoms with E-state index in [9.17, 15) is 14.9 Å². The molecule has 2 amide bonds.